The van der Waals surface area contributed by atoms with Gasteiger partial charge in [-0.25, -0.2) is 0 Å². The van der Waals surface area contributed by atoms with Crippen LogP contribution in [0.5, 0.6) is 0 Å². The maximum absolute atomic E-state index is 5.74. The number of fused-ring (bicyclic) bond motifs is 1. The van der Waals surface area contributed by atoms with Gasteiger partial charge in [-0.3, -0.25) is 0 Å². The van der Waals surface area contributed by atoms with Crippen LogP contribution in [-0.2, 0) is 6.42 Å². The van der Waals surface area contributed by atoms with Crippen molar-refractivity contribution in [1.29, 1.82) is 0 Å². The van der Waals surface area contributed by atoms with Crippen LogP contribution in [0.25, 0.3) is 0 Å². The molecule has 1 aliphatic rings. The van der Waals surface area contributed by atoms with E-state index in [0.29, 0.717) is 5.37 Å². The van der Waals surface area contributed by atoms with Crippen LogP contribution in [-0.4, -0.2) is 12.8 Å². The Morgan fingerprint density at radius 1 is 1.54 bits per heavy atom. The molecule has 1 atom stereocenters. The van der Waals surface area contributed by atoms with Crippen molar-refractivity contribution in [2.75, 3.05) is 18.5 Å². The molecule has 70 valence electrons. The van der Waals surface area contributed by atoms with Gasteiger partial charge in [-0.1, -0.05) is 6.07 Å². The molecule has 3 N–H and O–H groups in total. The number of hydrogen-bond acceptors (Lipinski definition) is 3. The minimum atomic E-state index is 0.448. The van der Waals surface area contributed by atoms with Crippen molar-refractivity contribution in [2.45, 2.75) is 11.8 Å². The number of nitrogens with one attached hydrogen (secondary N) is 1. The van der Waals surface area contributed by atoms with Crippen LogP contribution in [0, 0.1) is 0 Å². The highest BCUT2D eigenvalue weighted by Crippen LogP contribution is 2.30. The van der Waals surface area contributed by atoms with Crippen molar-refractivity contribution in [1.82, 2.24) is 5.32 Å². The van der Waals surface area contributed by atoms with Gasteiger partial charge >= 0.3 is 0 Å². The van der Waals surface area contributed by atoms with Crippen molar-refractivity contribution in [3.8, 4) is 0 Å². The van der Waals surface area contributed by atoms with Gasteiger partial charge in [0.05, 0.1) is 5.37 Å². The molecule has 1 aromatic rings. The number of rotatable bonds is 1. The molecule has 1 aromatic carbocycles. The summed E-state index contributed by atoms with van der Waals surface area (Å²) < 4.78 is 0. The first kappa shape index (κ1) is 8.91. The van der Waals surface area contributed by atoms with Gasteiger partial charge in [0.25, 0.3) is 0 Å². The van der Waals surface area contributed by atoms with Crippen LogP contribution in [0.3, 0.4) is 0 Å². The Labute approximate surface area is 82.9 Å². The number of nitrogens with two attached hydrogens (primary N) is 1. The molecule has 0 aliphatic carbocycles. The Kier molecular flexibility index (Phi) is 2.47. The summed E-state index contributed by atoms with van der Waals surface area (Å²) in [6.45, 7) is 1.06. The third-order valence-corrected chi connectivity index (χ3v) is 3.30. The van der Waals surface area contributed by atoms with Gasteiger partial charge in [0.15, 0.2) is 0 Å². The standard InChI is InChI=1S/C10H14N2S/c1-13-10-9-3-2-8(11)6-7(9)4-5-12-10/h2-3,6,10,12H,4-5,11H2,1H3. The van der Waals surface area contributed by atoms with Crippen LogP contribution in [0.2, 0.25) is 0 Å². The third-order valence-electron chi connectivity index (χ3n) is 2.41. The van der Waals surface area contributed by atoms with Crippen LogP contribution in [0.4, 0.5) is 5.69 Å². The topological polar surface area (TPSA) is 38.0 Å². The zero-order valence-electron chi connectivity index (χ0n) is 7.71. The highest BCUT2D eigenvalue weighted by atomic mass is 32.2. The number of thioether (sulfide) groups is 1. The first-order valence-electron chi connectivity index (χ1n) is 4.46. The summed E-state index contributed by atoms with van der Waals surface area (Å²) in [5.74, 6) is 0. The summed E-state index contributed by atoms with van der Waals surface area (Å²) in [5.41, 5.74) is 9.41. The maximum Gasteiger partial charge on any atom is 0.0789 e. The molecule has 1 unspecified atom stereocenters. The number of benzene rings is 1. The summed E-state index contributed by atoms with van der Waals surface area (Å²) in [5, 5.41) is 3.92. The molecule has 13 heavy (non-hydrogen) atoms. The molecule has 0 radical (unpaired) electrons. The Balaban J connectivity index is 2.40. The summed E-state index contributed by atoms with van der Waals surface area (Å²) in [6, 6.07) is 6.21. The van der Waals surface area contributed by atoms with Crippen molar-refractivity contribution >= 4 is 17.4 Å². The second kappa shape index (κ2) is 3.60. The lowest BCUT2D eigenvalue weighted by Gasteiger charge is -2.25. The molecule has 0 spiro atoms. The molecule has 0 fully saturated rings. The van der Waals surface area contributed by atoms with E-state index >= 15 is 0 Å². The number of hydrogen-bond donors (Lipinski definition) is 2. The second-order valence-electron chi connectivity index (χ2n) is 3.28. The number of anilines is 1. The predicted molar refractivity (Wildman–Crippen MR) is 58.8 cm³/mol. The minimum Gasteiger partial charge on any atom is -0.399 e. The Morgan fingerprint density at radius 2 is 2.38 bits per heavy atom. The first-order valence-corrected chi connectivity index (χ1v) is 5.74. The van der Waals surface area contributed by atoms with Gasteiger partial charge in [0, 0.05) is 12.2 Å². The van der Waals surface area contributed by atoms with Crippen LogP contribution in [0.15, 0.2) is 18.2 Å². The van der Waals surface area contributed by atoms with E-state index in [9.17, 15) is 0 Å². The van der Waals surface area contributed by atoms with Crippen molar-refractivity contribution in [3.05, 3.63) is 29.3 Å². The zero-order chi connectivity index (χ0) is 9.26. The molecule has 0 amide bonds. The molecule has 1 heterocycles. The van der Waals surface area contributed by atoms with Crippen molar-refractivity contribution in [2.24, 2.45) is 0 Å². The smallest absolute Gasteiger partial charge is 0.0789 e. The second-order valence-corrected chi connectivity index (χ2v) is 4.22. The highest BCUT2D eigenvalue weighted by molar-refractivity contribution is 7.98. The monoisotopic (exact) mass is 194 g/mol. The number of nitrogen functional groups attached to an aromatic ring is 1. The Hall–Kier alpha value is -0.670. The average Bonchev–Trinajstić information content (AvgIpc) is 2.16. The lowest BCUT2D eigenvalue weighted by molar-refractivity contribution is 0.631. The van der Waals surface area contributed by atoms with Gasteiger partial charge in [-0.15, -0.1) is 11.8 Å². The van der Waals surface area contributed by atoms with E-state index in [0.717, 1.165) is 18.7 Å². The molecular weight excluding hydrogens is 180 g/mol. The lowest BCUT2D eigenvalue weighted by Crippen LogP contribution is -2.27. The lowest BCUT2D eigenvalue weighted by atomic mass is 10.0. The largest absolute Gasteiger partial charge is 0.399 e. The molecule has 3 heteroatoms. The molecule has 0 aromatic heterocycles. The molecule has 2 rings (SSSR count). The predicted octanol–water partition coefficient (Wildman–Crippen LogP) is 1.78. The van der Waals surface area contributed by atoms with E-state index in [1.54, 1.807) is 0 Å². The van der Waals surface area contributed by atoms with Gasteiger partial charge in [-0.2, -0.15) is 0 Å². The fourth-order valence-electron chi connectivity index (χ4n) is 1.76. The van der Waals surface area contributed by atoms with E-state index < -0.39 is 0 Å². The molecule has 2 nitrogen and oxygen atoms in total. The van der Waals surface area contributed by atoms with Gasteiger partial charge in [0.1, 0.15) is 0 Å². The van der Waals surface area contributed by atoms with Crippen LogP contribution >= 0.6 is 11.8 Å². The average molecular weight is 194 g/mol. The Bertz CT molecular complexity index is 312. The highest BCUT2D eigenvalue weighted by Gasteiger charge is 2.17. The van der Waals surface area contributed by atoms with Gasteiger partial charge < -0.3 is 11.1 Å². The summed E-state index contributed by atoms with van der Waals surface area (Å²) >= 11 is 1.84. The minimum absolute atomic E-state index is 0.448. The first-order chi connectivity index (χ1) is 6.31. The van der Waals surface area contributed by atoms with E-state index in [1.165, 1.54) is 11.1 Å². The third kappa shape index (κ3) is 1.67. The van der Waals surface area contributed by atoms with E-state index in [2.05, 4.69) is 23.7 Å². The fourth-order valence-corrected chi connectivity index (χ4v) is 2.52. The quantitative estimate of drug-likeness (QED) is 0.669. The maximum atomic E-state index is 5.74. The van der Waals surface area contributed by atoms with E-state index in [4.69, 9.17) is 5.73 Å². The van der Waals surface area contributed by atoms with Gasteiger partial charge in [0.2, 0.25) is 0 Å². The normalized spacial score (nSPS) is 21.2. The molecule has 0 saturated heterocycles. The molecule has 0 bridgehead atoms. The van der Waals surface area contributed by atoms with Gasteiger partial charge in [-0.05, 0) is 35.9 Å². The summed E-state index contributed by atoms with van der Waals surface area (Å²) in [4.78, 5) is 0. The Morgan fingerprint density at radius 3 is 3.15 bits per heavy atom. The molecule has 0 saturated carbocycles. The van der Waals surface area contributed by atoms with Crippen molar-refractivity contribution in [3.63, 3.8) is 0 Å². The van der Waals surface area contributed by atoms with Crippen LogP contribution < -0.4 is 11.1 Å². The summed E-state index contributed by atoms with van der Waals surface area (Å²) in [7, 11) is 0. The van der Waals surface area contributed by atoms with E-state index in [-0.39, 0.29) is 0 Å². The summed E-state index contributed by atoms with van der Waals surface area (Å²) in [6.07, 6.45) is 3.22. The van der Waals surface area contributed by atoms with E-state index in [1.807, 2.05) is 17.8 Å². The fraction of sp³-hybridized carbons (Fsp3) is 0.400. The van der Waals surface area contributed by atoms with Crippen LogP contribution in [0.1, 0.15) is 16.5 Å². The molecule has 1 aliphatic heterocycles. The SMILES string of the molecule is CSC1NCCc2cc(N)ccc21. The zero-order valence-corrected chi connectivity index (χ0v) is 8.53. The van der Waals surface area contributed by atoms with Crippen molar-refractivity contribution < 1.29 is 0 Å². The molecular formula is C10H14N2S.